The summed E-state index contributed by atoms with van der Waals surface area (Å²) in [4.78, 5) is 23.4. The maximum atomic E-state index is 14.1. The number of benzene rings is 2. The first-order valence-electron chi connectivity index (χ1n) is 7.91. The number of amides is 1. The molecule has 0 aliphatic carbocycles. The fourth-order valence-corrected chi connectivity index (χ4v) is 2.47. The van der Waals surface area contributed by atoms with Gasteiger partial charge < -0.3 is 19.9 Å². The first-order valence-corrected chi connectivity index (χ1v) is 7.91. The van der Waals surface area contributed by atoms with Crippen molar-refractivity contribution < 1.29 is 28.6 Å². The summed E-state index contributed by atoms with van der Waals surface area (Å²) in [7, 11) is 2.72. The highest BCUT2D eigenvalue weighted by molar-refractivity contribution is 6.07. The van der Waals surface area contributed by atoms with Crippen LogP contribution in [-0.2, 0) is 11.2 Å². The molecule has 2 aromatic carbocycles. The van der Waals surface area contributed by atoms with Gasteiger partial charge in [-0.15, -0.1) is 0 Å². The summed E-state index contributed by atoms with van der Waals surface area (Å²) in [6.07, 6.45) is 0.377. The standard InChI is InChI=1S/C19H20FNO5/c1-11(19(23)24)10-12-4-6-13(7-5-12)21-18(22)16-14(20)8-9-15(25-2)17(16)26-3/h4-9,11H,10H2,1-3H3,(H,21,22)(H,23,24). The van der Waals surface area contributed by atoms with Crippen LogP contribution in [0.1, 0.15) is 22.8 Å². The second kappa shape index (κ2) is 8.33. The molecule has 7 heteroatoms. The number of rotatable bonds is 7. The van der Waals surface area contributed by atoms with Gasteiger partial charge in [-0.25, -0.2) is 4.39 Å². The Kier molecular flexibility index (Phi) is 6.16. The number of anilines is 1. The van der Waals surface area contributed by atoms with Crippen LogP contribution in [0.25, 0.3) is 0 Å². The number of methoxy groups -OCH3 is 2. The largest absolute Gasteiger partial charge is 0.493 e. The van der Waals surface area contributed by atoms with Gasteiger partial charge in [0.05, 0.1) is 20.1 Å². The van der Waals surface area contributed by atoms with Crippen LogP contribution in [-0.4, -0.2) is 31.2 Å². The average molecular weight is 361 g/mol. The number of carboxylic acid groups (broad SMARTS) is 1. The van der Waals surface area contributed by atoms with Crippen LogP contribution < -0.4 is 14.8 Å². The van der Waals surface area contributed by atoms with Crippen molar-refractivity contribution in [2.24, 2.45) is 5.92 Å². The third-order valence-electron chi connectivity index (χ3n) is 3.90. The predicted molar refractivity (Wildman–Crippen MR) is 94.4 cm³/mol. The minimum atomic E-state index is -0.872. The van der Waals surface area contributed by atoms with Gasteiger partial charge in [-0.05, 0) is 36.2 Å². The van der Waals surface area contributed by atoms with Crippen LogP contribution in [0.3, 0.4) is 0 Å². The molecule has 0 saturated heterocycles. The van der Waals surface area contributed by atoms with Gasteiger partial charge in [0.25, 0.3) is 5.91 Å². The fourth-order valence-electron chi connectivity index (χ4n) is 2.47. The van der Waals surface area contributed by atoms with Crippen molar-refractivity contribution in [1.29, 1.82) is 0 Å². The molecule has 0 aliphatic rings. The molecule has 0 fully saturated rings. The lowest BCUT2D eigenvalue weighted by molar-refractivity contribution is -0.141. The summed E-state index contributed by atoms with van der Waals surface area (Å²) in [5.41, 5.74) is 1.02. The van der Waals surface area contributed by atoms with Gasteiger partial charge in [-0.3, -0.25) is 9.59 Å². The monoisotopic (exact) mass is 361 g/mol. The number of hydrogen-bond acceptors (Lipinski definition) is 4. The maximum absolute atomic E-state index is 14.1. The third-order valence-corrected chi connectivity index (χ3v) is 3.90. The van der Waals surface area contributed by atoms with E-state index < -0.39 is 23.6 Å². The Morgan fingerprint density at radius 3 is 2.31 bits per heavy atom. The Bertz CT molecular complexity index is 804. The highest BCUT2D eigenvalue weighted by Gasteiger charge is 2.22. The van der Waals surface area contributed by atoms with Crippen molar-refractivity contribution in [3.05, 3.63) is 53.3 Å². The summed E-state index contributed by atoms with van der Waals surface area (Å²) < 4.78 is 24.3. The normalized spacial score (nSPS) is 11.5. The zero-order valence-corrected chi connectivity index (χ0v) is 14.7. The molecule has 2 rings (SSSR count). The molecule has 6 nitrogen and oxygen atoms in total. The molecule has 2 aromatic rings. The lowest BCUT2D eigenvalue weighted by Gasteiger charge is -2.14. The van der Waals surface area contributed by atoms with E-state index in [1.807, 2.05) is 0 Å². The zero-order valence-electron chi connectivity index (χ0n) is 14.7. The summed E-state index contributed by atoms with van der Waals surface area (Å²) in [6, 6.07) is 9.21. The van der Waals surface area contributed by atoms with Gasteiger partial charge in [-0.2, -0.15) is 0 Å². The molecule has 138 valence electrons. The van der Waals surface area contributed by atoms with E-state index in [1.54, 1.807) is 31.2 Å². The lowest BCUT2D eigenvalue weighted by Crippen LogP contribution is -2.16. The van der Waals surface area contributed by atoms with Crippen LogP contribution in [0, 0.1) is 11.7 Å². The molecule has 1 atom stereocenters. The fraction of sp³-hybridized carbons (Fsp3) is 0.263. The molecular formula is C19H20FNO5. The molecule has 1 amide bonds. The SMILES string of the molecule is COc1ccc(F)c(C(=O)Nc2ccc(CC(C)C(=O)O)cc2)c1OC. The Morgan fingerprint density at radius 1 is 1.12 bits per heavy atom. The van der Waals surface area contributed by atoms with E-state index in [9.17, 15) is 14.0 Å². The molecule has 0 aliphatic heterocycles. The number of aliphatic carboxylic acids is 1. The van der Waals surface area contributed by atoms with Crippen LogP contribution in [0.4, 0.5) is 10.1 Å². The van der Waals surface area contributed by atoms with E-state index in [0.717, 1.165) is 11.6 Å². The number of hydrogen-bond donors (Lipinski definition) is 2. The van der Waals surface area contributed by atoms with Crippen molar-refractivity contribution >= 4 is 17.6 Å². The van der Waals surface area contributed by atoms with Crippen LogP contribution >= 0.6 is 0 Å². The summed E-state index contributed by atoms with van der Waals surface area (Å²) in [5.74, 6) is -2.53. The number of ether oxygens (including phenoxy) is 2. The van der Waals surface area contributed by atoms with Gasteiger partial charge in [0.2, 0.25) is 0 Å². The molecule has 0 aromatic heterocycles. The van der Waals surface area contributed by atoms with E-state index in [4.69, 9.17) is 14.6 Å². The van der Waals surface area contributed by atoms with E-state index >= 15 is 0 Å². The van der Waals surface area contributed by atoms with E-state index in [0.29, 0.717) is 12.1 Å². The lowest BCUT2D eigenvalue weighted by atomic mass is 10.0. The molecule has 0 heterocycles. The van der Waals surface area contributed by atoms with Crippen LogP contribution in [0.5, 0.6) is 11.5 Å². The number of carboxylic acids is 1. The van der Waals surface area contributed by atoms with Crippen molar-refractivity contribution in [1.82, 2.24) is 0 Å². The Balaban J connectivity index is 2.19. The number of carbonyl (C=O) groups excluding carboxylic acids is 1. The molecule has 1 unspecified atom stereocenters. The maximum Gasteiger partial charge on any atom is 0.306 e. The minimum Gasteiger partial charge on any atom is -0.493 e. The van der Waals surface area contributed by atoms with E-state index in [2.05, 4.69) is 5.32 Å². The number of carbonyl (C=O) groups is 2. The zero-order chi connectivity index (χ0) is 19.3. The van der Waals surface area contributed by atoms with E-state index in [-0.39, 0.29) is 17.1 Å². The quantitative estimate of drug-likeness (QED) is 0.790. The van der Waals surface area contributed by atoms with Gasteiger partial charge >= 0.3 is 5.97 Å². The first-order chi connectivity index (χ1) is 12.4. The van der Waals surface area contributed by atoms with Crippen molar-refractivity contribution in [3.8, 4) is 11.5 Å². The smallest absolute Gasteiger partial charge is 0.306 e. The Hall–Kier alpha value is -3.09. The molecule has 0 spiro atoms. The van der Waals surface area contributed by atoms with Crippen LogP contribution in [0.15, 0.2) is 36.4 Å². The predicted octanol–water partition coefficient (Wildman–Crippen LogP) is 3.36. The van der Waals surface area contributed by atoms with Crippen molar-refractivity contribution in [2.75, 3.05) is 19.5 Å². The topological polar surface area (TPSA) is 84.9 Å². The molecule has 0 bridgehead atoms. The minimum absolute atomic E-state index is 0.0110. The van der Waals surface area contributed by atoms with Gasteiger partial charge in [0.15, 0.2) is 11.5 Å². The summed E-state index contributed by atoms with van der Waals surface area (Å²) in [6.45, 7) is 1.62. The van der Waals surface area contributed by atoms with Crippen molar-refractivity contribution in [2.45, 2.75) is 13.3 Å². The van der Waals surface area contributed by atoms with Crippen LogP contribution in [0.2, 0.25) is 0 Å². The number of nitrogens with one attached hydrogen (secondary N) is 1. The second-order valence-electron chi connectivity index (χ2n) is 5.75. The molecule has 2 N–H and O–H groups in total. The Morgan fingerprint density at radius 2 is 1.77 bits per heavy atom. The van der Waals surface area contributed by atoms with Gasteiger partial charge in [0.1, 0.15) is 11.4 Å². The molecule has 0 saturated carbocycles. The summed E-state index contributed by atoms with van der Waals surface area (Å²) >= 11 is 0. The highest BCUT2D eigenvalue weighted by Crippen LogP contribution is 2.33. The van der Waals surface area contributed by atoms with Crippen molar-refractivity contribution in [3.63, 3.8) is 0 Å². The molecule has 0 radical (unpaired) electrons. The Labute approximate surface area is 150 Å². The second-order valence-corrected chi connectivity index (χ2v) is 5.75. The molecule has 26 heavy (non-hydrogen) atoms. The number of halogens is 1. The first kappa shape index (κ1) is 19.2. The van der Waals surface area contributed by atoms with Gasteiger partial charge in [0, 0.05) is 5.69 Å². The highest BCUT2D eigenvalue weighted by atomic mass is 19.1. The van der Waals surface area contributed by atoms with Gasteiger partial charge in [-0.1, -0.05) is 19.1 Å². The summed E-state index contributed by atoms with van der Waals surface area (Å²) in [5, 5.41) is 11.5. The third kappa shape index (κ3) is 4.30. The molecular weight excluding hydrogens is 341 g/mol. The van der Waals surface area contributed by atoms with E-state index in [1.165, 1.54) is 20.3 Å². The average Bonchev–Trinajstić information content (AvgIpc) is 2.62.